The normalized spacial score (nSPS) is 19.4. The summed E-state index contributed by atoms with van der Waals surface area (Å²) >= 11 is 0. The fraction of sp³-hybridized carbons (Fsp3) is 0.500. The zero-order chi connectivity index (χ0) is 12.3. The molecule has 1 amide bonds. The van der Waals surface area contributed by atoms with E-state index in [-0.39, 0.29) is 5.91 Å². The van der Waals surface area contributed by atoms with Crippen molar-refractivity contribution in [3.8, 4) is 0 Å². The number of rotatable bonds is 4. The highest BCUT2D eigenvalue weighted by atomic mass is 16.1. The van der Waals surface area contributed by atoms with Gasteiger partial charge in [-0.2, -0.15) is 0 Å². The molecule has 17 heavy (non-hydrogen) atoms. The first-order valence-electron chi connectivity index (χ1n) is 6.21. The van der Waals surface area contributed by atoms with Crippen molar-refractivity contribution in [3.05, 3.63) is 34.9 Å². The molecule has 1 aromatic rings. The third kappa shape index (κ3) is 3.30. The molecule has 3 heteroatoms. The molecule has 0 aliphatic carbocycles. The second-order valence-electron chi connectivity index (χ2n) is 4.85. The summed E-state index contributed by atoms with van der Waals surface area (Å²) in [6, 6.07) is 6.84. The van der Waals surface area contributed by atoms with Gasteiger partial charge in [0.15, 0.2) is 0 Å². The van der Waals surface area contributed by atoms with Gasteiger partial charge in [0.05, 0.1) is 0 Å². The van der Waals surface area contributed by atoms with Gasteiger partial charge < -0.3 is 10.6 Å². The smallest absolute Gasteiger partial charge is 0.220 e. The van der Waals surface area contributed by atoms with Crippen LogP contribution in [-0.2, 0) is 11.3 Å². The van der Waals surface area contributed by atoms with Gasteiger partial charge in [0.1, 0.15) is 0 Å². The van der Waals surface area contributed by atoms with E-state index in [0.29, 0.717) is 12.5 Å². The number of hydrogen-bond donors (Lipinski definition) is 2. The second-order valence-corrected chi connectivity index (χ2v) is 4.85. The minimum absolute atomic E-state index is 0.183. The van der Waals surface area contributed by atoms with Crippen LogP contribution in [-0.4, -0.2) is 18.5 Å². The SMILES string of the molecule is Cc1ccc(CNCC2CCC(=O)N2)cc1C. The van der Waals surface area contributed by atoms with Crippen molar-refractivity contribution in [3.63, 3.8) is 0 Å². The lowest BCUT2D eigenvalue weighted by Crippen LogP contribution is -2.35. The Labute approximate surface area is 103 Å². The van der Waals surface area contributed by atoms with Crippen LogP contribution in [0.5, 0.6) is 0 Å². The molecule has 1 atom stereocenters. The van der Waals surface area contributed by atoms with Crippen molar-refractivity contribution in [2.75, 3.05) is 6.54 Å². The van der Waals surface area contributed by atoms with Crippen LogP contribution in [0.2, 0.25) is 0 Å². The molecule has 2 rings (SSSR count). The first kappa shape index (κ1) is 12.1. The average molecular weight is 232 g/mol. The monoisotopic (exact) mass is 232 g/mol. The van der Waals surface area contributed by atoms with Gasteiger partial charge in [-0.05, 0) is 37.0 Å². The van der Waals surface area contributed by atoms with Crippen molar-refractivity contribution in [2.24, 2.45) is 0 Å². The van der Waals surface area contributed by atoms with Crippen molar-refractivity contribution in [1.82, 2.24) is 10.6 Å². The summed E-state index contributed by atoms with van der Waals surface area (Å²) in [5.41, 5.74) is 3.97. The largest absolute Gasteiger partial charge is 0.352 e. The molecule has 3 nitrogen and oxygen atoms in total. The maximum atomic E-state index is 11.0. The quantitative estimate of drug-likeness (QED) is 0.829. The molecule has 1 heterocycles. The highest BCUT2D eigenvalue weighted by Gasteiger charge is 2.19. The van der Waals surface area contributed by atoms with E-state index in [9.17, 15) is 4.79 Å². The van der Waals surface area contributed by atoms with E-state index in [1.165, 1.54) is 16.7 Å². The summed E-state index contributed by atoms with van der Waals surface area (Å²) in [7, 11) is 0. The molecule has 92 valence electrons. The Morgan fingerprint density at radius 1 is 1.35 bits per heavy atom. The molecular weight excluding hydrogens is 212 g/mol. The highest BCUT2D eigenvalue weighted by molar-refractivity contribution is 5.78. The lowest BCUT2D eigenvalue weighted by Gasteiger charge is -2.12. The molecule has 0 aromatic heterocycles. The number of hydrogen-bond acceptors (Lipinski definition) is 2. The predicted molar refractivity (Wildman–Crippen MR) is 68.8 cm³/mol. The molecule has 0 bridgehead atoms. The maximum absolute atomic E-state index is 11.0. The summed E-state index contributed by atoms with van der Waals surface area (Å²) in [6.45, 7) is 5.99. The van der Waals surface area contributed by atoms with E-state index in [4.69, 9.17) is 0 Å². The van der Waals surface area contributed by atoms with Crippen LogP contribution in [0.25, 0.3) is 0 Å². The minimum Gasteiger partial charge on any atom is -0.352 e. The number of carbonyl (C=O) groups excluding carboxylic acids is 1. The lowest BCUT2D eigenvalue weighted by molar-refractivity contribution is -0.119. The Bertz CT molecular complexity index is 415. The Balaban J connectivity index is 1.78. The van der Waals surface area contributed by atoms with Crippen LogP contribution >= 0.6 is 0 Å². The zero-order valence-electron chi connectivity index (χ0n) is 10.5. The Hall–Kier alpha value is -1.35. The maximum Gasteiger partial charge on any atom is 0.220 e. The van der Waals surface area contributed by atoms with E-state index in [1.54, 1.807) is 0 Å². The molecule has 1 fully saturated rings. The van der Waals surface area contributed by atoms with E-state index in [2.05, 4.69) is 42.7 Å². The third-order valence-electron chi connectivity index (χ3n) is 3.38. The van der Waals surface area contributed by atoms with Crippen LogP contribution in [0.4, 0.5) is 0 Å². The Kier molecular flexibility index (Phi) is 3.79. The predicted octanol–water partition coefficient (Wildman–Crippen LogP) is 1.67. The molecule has 0 spiro atoms. The van der Waals surface area contributed by atoms with Crippen molar-refractivity contribution < 1.29 is 4.79 Å². The van der Waals surface area contributed by atoms with Gasteiger partial charge in [0, 0.05) is 25.6 Å². The van der Waals surface area contributed by atoms with Gasteiger partial charge in [-0.15, -0.1) is 0 Å². The van der Waals surface area contributed by atoms with Gasteiger partial charge in [-0.1, -0.05) is 18.2 Å². The number of aryl methyl sites for hydroxylation is 2. The summed E-state index contributed by atoms with van der Waals surface area (Å²) in [5.74, 6) is 0.183. The standard InChI is InChI=1S/C14H20N2O/c1-10-3-4-12(7-11(10)2)8-15-9-13-5-6-14(17)16-13/h3-4,7,13,15H,5-6,8-9H2,1-2H3,(H,16,17). The van der Waals surface area contributed by atoms with Gasteiger partial charge in [-0.3, -0.25) is 4.79 Å². The summed E-state index contributed by atoms with van der Waals surface area (Å²) in [6.07, 6.45) is 1.63. The van der Waals surface area contributed by atoms with E-state index in [0.717, 1.165) is 19.5 Å². The third-order valence-corrected chi connectivity index (χ3v) is 3.38. The van der Waals surface area contributed by atoms with E-state index >= 15 is 0 Å². The Morgan fingerprint density at radius 3 is 2.82 bits per heavy atom. The molecule has 0 radical (unpaired) electrons. The first-order valence-corrected chi connectivity index (χ1v) is 6.21. The Morgan fingerprint density at radius 2 is 2.18 bits per heavy atom. The van der Waals surface area contributed by atoms with Crippen LogP contribution in [0.3, 0.4) is 0 Å². The molecule has 1 aliphatic rings. The number of amides is 1. The fourth-order valence-corrected chi connectivity index (χ4v) is 2.13. The molecule has 2 N–H and O–H groups in total. The second kappa shape index (κ2) is 5.32. The molecule has 1 aliphatic heterocycles. The van der Waals surface area contributed by atoms with E-state index in [1.807, 2.05) is 0 Å². The first-order chi connectivity index (χ1) is 8.15. The summed E-state index contributed by atoms with van der Waals surface area (Å²) in [5, 5.41) is 6.36. The van der Waals surface area contributed by atoms with Crippen LogP contribution in [0.15, 0.2) is 18.2 Å². The average Bonchev–Trinajstić information content (AvgIpc) is 2.70. The van der Waals surface area contributed by atoms with Gasteiger partial charge in [-0.25, -0.2) is 0 Å². The molecular formula is C14H20N2O. The highest BCUT2D eigenvalue weighted by Crippen LogP contribution is 2.10. The van der Waals surface area contributed by atoms with Gasteiger partial charge >= 0.3 is 0 Å². The molecule has 0 saturated carbocycles. The molecule has 1 saturated heterocycles. The topological polar surface area (TPSA) is 41.1 Å². The van der Waals surface area contributed by atoms with Crippen molar-refractivity contribution >= 4 is 5.91 Å². The number of benzene rings is 1. The number of carbonyl (C=O) groups is 1. The van der Waals surface area contributed by atoms with Crippen LogP contribution in [0, 0.1) is 13.8 Å². The fourth-order valence-electron chi connectivity index (χ4n) is 2.13. The zero-order valence-corrected chi connectivity index (χ0v) is 10.5. The number of nitrogens with one attached hydrogen (secondary N) is 2. The molecule has 1 unspecified atom stereocenters. The summed E-state index contributed by atoms with van der Waals surface area (Å²) in [4.78, 5) is 11.0. The minimum atomic E-state index is 0.183. The van der Waals surface area contributed by atoms with Crippen molar-refractivity contribution in [2.45, 2.75) is 39.3 Å². The van der Waals surface area contributed by atoms with Crippen LogP contribution in [0.1, 0.15) is 29.5 Å². The summed E-state index contributed by atoms with van der Waals surface area (Å²) < 4.78 is 0. The van der Waals surface area contributed by atoms with Gasteiger partial charge in [0.2, 0.25) is 5.91 Å². The molecule has 1 aromatic carbocycles. The van der Waals surface area contributed by atoms with E-state index < -0.39 is 0 Å². The lowest BCUT2D eigenvalue weighted by atomic mass is 10.1. The van der Waals surface area contributed by atoms with Gasteiger partial charge in [0.25, 0.3) is 0 Å². The van der Waals surface area contributed by atoms with Crippen molar-refractivity contribution in [1.29, 1.82) is 0 Å². The van der Waals surface area contributed by atoms with Crippen LogP contribution < -0.4 is 10.6 Å².